The quantitative estimate of drug-likeness (QED) is 0.172. The van der Waals surface area contributed by atoms with Gasteiger partial charge in [0.15, 0.2) is 5.01 Å². The van der Waals surface area contributed by atoms with Crippen molar-refractivity contribution >= 4 is 68.8 Å². The minimum Gasteiger partial charge on any atom is -0.382 e. The van der Waals surface area contributed by atoms with E-state index >= 15 is 0 Å². The number of pyridine rings is 1. The lowest BCUT2D eigenvalue weighted by Crippen LogP contribution is -2.54. The maximum Gasteiger partial charge on any atom is 0.264 e. The largest absolute Gasteiger partial charge is 0.382 e. The Bertz CT molecular complexity index is 2730. The first-order valence-corrected chi connectivity index (χ1v) is 21.7. The first kappa shape index (κ1) is 41.1. The van der Waals surface area contributed by atoms with Crippen LogP contribution < -0.4 is 20.9 Å². The van der Waals surface area contributed by atoms with Crippen LogP contribution in [0.25, 0.3) is 27.5 Å². The van der Waals surface area contributed by atoms with Crippen LogP contribution >= 0.6 is 11.3 Å². The number of amides is 6. The van der Waals surface area contributed by atoms with Gasteiger partial charge in [-0.2, -0.15) is 10.4 Å². The van der Waals surface area contributed by atoms with Crippen molar-refractivity contribution in [2.24, 2.45) is 5.92 Å². The van der Waals surface area contributed by atoms with Crippen molar-refractivity contribution < 1.29 is 28.8 Å². The maximum atomic E-state index is 13.7. The Kier molecular flexibility index (Phi) is 11.0. The fourth-order valence-corrected chi connectivity index (χ4v) is 9.52. The lowest BCUT2D eigenvalue weighted by Gasteiger charge is -2.38. The first-order valence-electron chi connectivity index (χ1n) is 20.9. The third kappa shape index (κ3) is 7.91. The molecule has 0 bridgehead atoms. The number of carbonyl (C=O) groups is 6. The molecule has 1 aromatic carbocycles. The number of likely N-dealkylation sites (tertiary alicyclic amines) is 1. The molecule has 0 saturated carbocycles. The van der Waals surface area contributed by atoms with Crippen LogP contribution in [-0.4, -0.2) is 133 Å². The van der Waals surface area contributed by atoms with E-state index in [4.69, 9.17) is 4.98 Å². The summed E-state index contributed by atoms with van der Waals surface area (Å²) in [4.78, 5) is 89.2. The molecule has 1 unspecified atom stereocenters. The molecule has 4 aliphatic rings. The summed E-state index contributed by atoms with van der Waals surface area (Å²) in [7, 11) is 0. The number of benzene rings is 1. The zero-order valence-corrected chi connectivity index (χ0v) is 35.4. The van der Waals surface area contributed by atoms with Crippen molar-refractivity contribution in [3.05, 3.63) is 71.5 Å². The van der Waals surface area contributed by atoms with E-state index in [1.54, 1.807) is 33.8 Å². The lowest BCUT2D eigenvalue weighted by molar-refractivity contribution is -0.140. The molecule has 0 spiro atoms. The Hall–Kier alpha value is -7.27. The van der Waals surface area contributed by atoms with Crippen molar-refractivity contribution in [2.75, 3.05) is 61.3 Å². The van der Waals surface area contributed by atoms with Gasteiger partial charge in [-0.1, -0.05) is 17.4 Å². The number of piperazine rings is 1. The average molecular weight is 870 g/mol. The molecule has 4 aromatic heterocycles. The molecule has 3 saturated heterocycles. The highest BCUT2D eigenvalue weighted by atomic mass is 32.1. The number of piperidine rings is 2. The van der Waals surface area contributed by atoms with Gasteiger partial charge in [0.2, 0.25) is 28.8 Å². The number of nitriles is 1. The number of hydrogen-bond donors (Lipinski definition) is 3. The number of nitrogens with zero attached hydrogens (tertiary/aromatic N) is 10. The summed E-state index contributed by atoms with van der Waals surface area (Å²) in [6.07, 6.45) is 4.44. The summed E-state index contributed by atoms with van der Waals surface area (Å²) < 4.78 is 1.76. The van der Waals surface area contributed by atoms with E-state index in [-0.39, 0.29) is 54.3 Å². The van der Waals surface area contributed by atoms with Gasteiger partial charge in [0.1, 0.15) is 12.1 Å². The van der Waals surface area contributed by atoms with E-state index in [0.29, 0.717) is 74.1 Å². The summed E-state index contributed by atoms with van der Waals surface area (Å²) in [5.74, 6) is -2.75. The topological polar surface area (TPSA) is 231 Å². The SMILES string of the molecule is CC(C)Nc1cc(-c2ccc3cc(C#N)cnn23)ncc1-c1nnc(N2CCN(C(=O)C3CCN(C(=O)CNc4cccc5c4C(=O)N(C4CCC(=O)NC4=O)C5=O)CC3)CC2)s1. The van der Waals surface area contributed by atoms with Crippen molar-refractivity contribution in [1.82, 2.24) is 44.8 Å². The van der Waals surface area contributed by atoms with Gasteiger partial charge in [0.25, 0.3) is 11.8 Å². The number of nitrogens with one attached hydrogen (secondary N) is 3. The summed E-state index contributed by atoms with van der Waals surface area (Å²) in [5, 5.41) is 33.0. The maximum absolute atomic E-state index is 13.7. The minimum atomic E-state index is -1.09. The molecular weight excluding hydrogens is 827 g/mol. The van der Waals surface area contributed by atoms with Crippen LogP contribution in [0.15, 0.2) is 54.9 Å². The van der Waals surface area contributed by atoms with Crippen LogP contribution in [0.3, 0.4) is 0 Å². The molecule has 19 nitrogen and oxygen atoms in total. The van der Waals surface area contributed by atoms with E-state index < -0.39 is 29.7 Å². The highest BCUT2D eigenvalue weighted by molar-refractivity contribution is 7.18. The Morgan fingerprint density at radius 3 is 2.44 bits per heavy atom. The Morgan fingerprint density at radius 1 is 0.905 bits per heavy atom. The molecule has 322 valence electrons. The molecule has 6 amide bonds. The fourth-order valence-electron chi connectivity index (χ4n) is 8.60. The zero-order valence-electron chi connectivity index (χ0n) is 34.5. The Balaban J connectivity index is 0.773. The van der Waals surface area contributed by atoms with Gasteiger partial charge < -0.3 is 25.3 Å². The Labute approximate surface area is 365 Å². The van der Waals surface area contributed by atoms with Crippen LogP contribution in [0.4, 0.5) is 16.5 Å². The molecule has 8 heterocycles. The normalized spacial score (nSPS) is 18.2. The van der Waals surface area contributed by atoms with E-state index in [2.05, 4.69) is 56.1 Å². The van der Waals surface area contributed by atoms with Crippen molar-refractivity contribution in [1.29, 1.82) is 5.26 Å². The minimum absolute atomic E-state index is 0.0179. The molecule has 3 fully saturated rings. The Morgan fingerprint density at radius 2 is 1.70 bits per heavy atom. The monoisotopic (exact) mass is 869 g/mol. The molecule has 63 heavy (non-hydrogen) atoms. The average Bonchev–Trinajstić information content (AvgIpc) is 4.02. The van der Waals surface area contributed by atoms with Gasteiger partial charge >= 0.3 is 0 Å². The van der Waals surface area contributed by atoms with Gasteiger partial charge in [-0.3, -0.25) is 44.0 Å². The second kappa shape index (κ2) is 16.9. The third-order valence-electron chi connectivity index (χ3n) is 11.8. The van der Waals surface area contributed by atoms with Gasteiger partial charge in [0, 0.05) is 75.2 Å². The number of aromatic nitrogens is 5. The van der Waals surface area contributed by atoms with Gasteiger partial charge in [-0.25, -0.2) is 4.52 Å². The van der Waals surface area contributed by atoms with Crippen LogP contribution in [0, 0.1) is 17.2 Å². The van der Waals surface area contributed by atoms with Crippen LogP contribution in [0.2, 0.25) is 0 Å². The van der Waals surface area contributed by atoms with Gasteiger partial charge in [0.05, 0.1) is 51.9 Å². The van der Waals surface area contributed by atoms with E-state index in [1.165, 1.54) is 23.6 Å². The summed E-state index contributed by atoms with van der Waals surface area (Å²) in [5.41, 5.74) is 4.98. The highest BCUT2D eigenvalue weighted by Crippen LogP contribution is 2.37. The molecule has 4 aliphatic heterocycles. The highest BCUT2D eigenvalue weighted by Gasteiger charge is 2.45. The second-order valence-electron chi connectivity index (χ2n) is 16.2. The van der Waals surface area contributed by atoms with Crippen LogP contribution in [-0.2, 0) is 19.2 Å². The molecule has 0 aliphatic carbocycles. The number of imide groups is 2. The van der Waals surface area contributed by atoms with E-state index in [0.717, 1.165) is 32.5 Å². The molecular formula is C43H43N13O6S. The summed E-state index contributed by atoms with van der Waals surface area (Å²) in [6.45, 7) is 7.07. The smallest absolute Gasteiger partial charge is 0.264 e. The van der Waals surface area contributed by atoms with Crippen molar-refractivity contribution in [2.45, 2.75) is 51.6 Å². The zero-order chi connectivity index (χ0) is 43.9. The number of hydrogen-bond acceptors (Lipinski definition) is 15. The molecule has 3 N–H and O–H groups in total. The van der Waals surface area contributed by atoms with Gasteiger partial charge in [-0.15, -0.1) is 10.2 Å². The standard InChI is InChI=1S/C43H43N13O6S/c1-24(2)48-31-19-32(33-7-6-27-18-25(20-44)21-47-56(27)33)45-22-29(31)39-50-51-43(63-39)54-16-14-53(15-17-54)40(60)26-10-12-52(13-11-26)36(58)23-46-30-5-3-4-28-37(30)42(62)55(41(28)61)34-8-9-35(57)49-38(34)59/h3-7,18-19,21-22,24,26,34,46H,8-17,23H2,1-2H3,(H,45,48)(H,49,57,59). The summed E-state index contributed by atoms with van der Waals surface area (Å²) in [6, 6.07) is 13.5. The van der Waals surface area contributed by atoms with Crippen molar-refractivity contribution in [3.8, 4) is 28.0 Å². The van der Waals surface area contributed by atoms with Crippen LogP contribution in [0.5, 0.6) is 0 Å². The predicted molar refractivity (Wildman–Crippen MR) is 231 cm³/mol. The first-order chi connectivity index (χ1) is 30.5. The molecule has 1 atom stereocenters. The fraction of sp³-hybridized carbons (Fsp3) is 0.372. The third-order valence-corrected chi connectivity index (χ3v) is 12.9. The number of anilines is 3. The van der Waals surface area contributed by atoms with Gasteiger partial charge in [-0.05, 0) is 69.5 Å². The molecule has 5 aromatic rings. The number of carbonyl (C=O) groups excluding carboxylic acids is 6. The van der Waals surface area contributed by atoms with Crippen molar-refractivity contribution in [3.63, 3.8) is 0 Å². The van der Waals surface area contributed by atoms with E-state index in [1.807, 2.05) is 23.1 Å². The summed E-state index contributed by atoms with van der Waals surface area (Å²) >= 11 is 1.47. The lowest BCUT2D eigenvalue weighted by atomic mass is 9.95. The molecule has 0 radical (unpaired) electrons. The molecule has 9 rings (SSSR count). The number of fused-ring (bicyclic) bond motifs is 2. The predicted octanol–water partition coefficient (Wildman–Crippen LogP) is 3.01. The second-order valence-corrected chi connectivity index (χ2v) is 17.2. The van der Waals surface area contributed by atoms with E-state index in [9.17, 15) is 34.0 Å². The number of rotatable bonds is 10. The molecule has 20 heteroatoms. The van der Waals surface area contributed by atoms with Crippen LogP contribution in [0.1, 0.15) is 65.8 Å².